The first-order valence-corrected chi connectivity index (χ1v) is 12.3. The van der Waals surface area contributed by atoms with E-state index in [9.17, 15) is 19.5 Å². The lowest BCUT2D eigenvalue weighted by Crippen LogP contribution is -2.53. The number of phenols is 1. The monoisotopic (exact) mass is 517 g/mol. The summed E-state index contributed by atoms with van der Waals surface area (Å²) < 4.78 is 5.29. The second kappa shape index (κ2) is 12.1. The van der Waals surface area contributed by atoms with Crippen LogP contribution in [-0.4, -0.2) is 45.6 Å². The Hall–Kier alpha value is -3.26. The maximum absolute atomic E-state index is 13.8. The molecule has 0 aliphatic rings. The average Bonchev–Trinajstić information content (AvgIpc) is 2.78. The molecule has 2 aromatic carbocycles. The van der Waals surface area contributed by atoms with Gasteiger partial charge in [0.05, 0.1) is 10.7 Å². The number of aryl methyl sites for hydroxylation is 1. The Morgan fingerprint density at radius 2 is 1.72 bits per heavy atom. The molecule has 0 spiro atoms. The standard InChI is InChI=1S/C27H36ClN3O5/c1-8-17(3)31(25(34)18(4)29-26(35)36-27(5,6)7)23(19-13-9-10-15-21(19)32)24(33)30-22-16(2)12-11-14-20(22)28/h9-15,17-18,23,32H,8H2,1-7H3,(H,29,35)(H,30,33). The molecule has 196 valence electrons. The van der Waals surface area contributed by atoms with Crippen LogP contribution in [-0.2, 0) is 14.3 Å². The largest absolute Gasteiger partial charge is 0.508 e. The molecule has 9 heteroatoms. The van der Waals surface area contributed by atoms with Gasteiger partial charge < -0.3 is 25.4 Å². The minimum atomic E-state index is -1.20. The van der Waals surface area contributed by atoms with Crippen molar-refractivity contribution in [3.05, 3.63) is 58.6 Å². The van der Waals surface area contributed by atoms with E-state index in [1.165, 1.54) is 17.9 Å². The highest BCUT2D eigenvalue weighted by molar-refractivity contribution is 6.34. The smallest absolute Gasteiger partial charge is 0.408 e. The molecule has 0 bridgehead atoms. The number of nitrogens with one attached hydrogen (secondary N) is 2. The highest BCUT2D eigenvalue weighted by atomic mass is 35.5. The van der Waals surface area contributed by atoms with Crippen molar-refractivity contribution in [2.75, 3.05) is 5.32 Å². The van der Waals surface area contributed by atoms with Crippen LogP contribution in [0, 0.1) is 6.92 Å². The van der Waals surface area contributed by atoms with Crippen LogP contribution in [0.4, 0.5) is 10.5 Å². The van der Waals surface area contributed by atoms with Gasteiger partial charge in [-0.3, -0.25) is 9.59 Å². The fraction of sp³-hybridized carbons (Fsp3) is 0.444. The lowest BCUT2D eigenvalue weighted by atomic mass is 9.99. The molecule has 3 atom stereocenters. The van der Waals surface area contributed by atoms with Gasteiger partial charge in [0.1, 0.15) is 23.4 Å². The molecule has 0 aliphatic heterocycles. The number of para-hydroxylation sites is 2. The predicted molar refractivity (Wildman–Crippen MR) is 141 cm³/mol. The molecular formula is C27H36ClN3O5. The second-order valence-electron chi connectivity index (χ2n) is 9.75. The molecule has 3 N–H and O–H groups in total. The maximum Gasteiger partial charge on any atom is 0.408 e. The molecule has 0 radical (unpaired) electrons. The summed E-state index contributed by atoms with van der Waals surface area (Å²) in [6.45, 7) is 12.2. The zero-order valence-electron chi connectivity index (χ0n) is 21.9. The Labute approximate surface area is 218 Å². The number of carbonyl (C=O) groups is 3. The summed E-state index contributed by atoms with van der Waals surface area (Å²) in [7, 11) is 0. The van der Waals surface area contributed by atoms with E-state index in [4.69, 9.17) is 16.3 Å². The molecule has 0 heterocycles. The van der Waals surface area contributed by atoms with Gasteiger partial charge in [-0.15, -0.1) is 0 Å². The summed E-state index contributed by atoms with van der Waals surface area (Å²) in [6, 6.07) is 8.97. The number of ether oxygens (including phenoxy) is 1. The molecule has 0 fully saturated rings. The zero-order chi connectivity index (χ0) is 27.2. The lowest BCUT2D eigenvalue weighted by molar-refractivity contribution is -0.143. The van der Waals surface area contributed by atoms with Gasteiger partial charge in [0.25, 0.3) is 5.91 Å². The minimum Gasteiger partial charge on any atom is -0.508 e. The van der Waals surface area contributed by atoms with Crippen molar-refractivity contribution in [2.45, 2.75) is 78.6 Å². The number of benzene rings is 2. The van der Waals surface area contributed by atoms with E-state index in [0.717, 1.165) is 5.56 Å². The van der Waals surface area contributed by atoms with Crippen molar-refractivity contribution in [3.8, 4) is 5.75 Å². The molecule has 0 aromatic heterocycles. The average molecular weight is 518 g/mol. The van der Waals surface area contributed by atoms with Gasteiger partial charge in [-0.2, -0.15) is 0 Å². The second-order valence-corrected chi connectivity index (χ2v) is 10.2. The van der Waals surface area contributed by atoms with Crippen LogP contribution in [0.15, 0.2) is 42.5 Å². The number of carbonyl (C=O) groups excluding carboxylic acids is 3. The summed E-state index contributed by atoms with van der Waals surface area (Å²) in [6.07, 6.45) is -0.226. The fourth-order valence-electron chi connectivity index (χ4n) is 3.68. The molecule has 0 aliphatic carbocycles. The molecule has 8 nitrogen and oxygen atoms in total. The first-order valence-electron chi connectivity index (χ1n) is 11.9. The normalized spacial score (nSPS) is 13.8. The van der Waals surface area contributed by atoms with Gasteiger partial charge >= 0.3 is 6.09 Å². The SMILES string of the molecule is CCC(C)N(C(=O)C(C)NC(=O)OC(C)(C)C)C(C(=O)Nc1c(C)cccc1Cl)c1ccccc1O. The number of anilines is 1. The van der Waals surface area contributed by atoms with Crippen molar-refractivity contribution in [1.82, 2.24) is 10.2 Å². The maximum atomic E-state index is 13.8. The van der Waals surface area contributed by atoms with Crippen LogP contribution < -0.4 is 10.6 Å². The van der Waals surface area contributed by atoms with Gasteiger partial charge in [-0.1, -0.05) is 48.9 Å². The van der Waals surface area contributed by atoms with Crippen LogP contribution in [0.5, 0.6) is 5.75 Å². The number of amides is 3. The van der Waals surface area contributed by atoms with Gasteiger partial charge in [-0.25, -0.2) is 4.79 Å². The molecule has 0 saturated heterocycles. The molecule has 36 heavy (non-hydrogen) atoms. The predicted octanol–water partition coefficient (Wildman–Crippen LogP) is 5.57. The molecule has 0 saturated carbocycles. The first kappa shape index (κ1) is 29.0. The van der Waals surface area contributed by atoms with E-state index in [2.05, 4.69) is 10.6 Å². The van der Waals surface area contributed by atoms with Crippen molar-refractivity contribution in [3.63, 3.8) is 0 Å². The number of hydrogen-bond acceptors (Lipinski definition) is 5. The highest BCUT2D eigenvalue weighted by Crippen LogP contribution is 2.34. The van der Waals surface area contributed by atoms with Crippen LogP contribution in [0.25, 0.3) is 0 Å². The van der Waals surface area contributed by atoms with Gasteiger partial charge in [0.2, 0.25) is 5.91 Å². The molecular weight excluding hydrogens is 482 g/mol. The third-order valence-corrected chi connectivity index (χ3v) is 5.97. The number of hydrogen-bond donors (Lipinski definition) is 3. The number of phenolic OH excluding ortho intramolecular Hbond substituents is 1. The van der Waals surface area contributed by atoms with E-state index >= 15 is 0 Å². The summed E-state index contributed by atoms with van der Waals surface area (Å²) in [5.41, 5.74) is 0.668. The van der Waals surface area contributed by atoms with E-state index in [0.29, 0.717) is 17.1 Å². The van der Waals surface area contributed by atoms with E-state index in [1.807, 2.05) is 6.92 Å². The van der Waals surface area contributed by atoms with E-state index in [1.54, 1.807) is 71.0 Å². The highest BCUT2D eigenvalue weighted by Gasteiger charge is 2.38. The number of alkyl carbamates (subject to hydrolysis) is 1. The minimum absolute atomic E-state index is 0.137. The third-order valence-electron chi connectivity index (χ3n) is 5.65. The lowest BCUT2D eigenvalue weighted by Gasteiger charge is -2.37. The van der Waals surface area contributed by atoms with Crippen molar-refractivity contribution >= 4 is 35.2 Å². The molecule has 3 unspecified atom stereocenters. The van der Waals surface area contributed by atoms with E-state index in [-0.39, 0.29) is 11.3 Å². The first-order chi connectivity index (χ1) is 16.8. The molecule has 2 rings (SSSR count). The quantitative estimate of drug-likeness (QED) is 0.424. The number of nitrogens with zero attached hydrogens (tertiary/aromatic N) is 1. The number of rotatable bonds is 8. The van der Waals surface area contributed by atoms with Crippen molar-refractivity contribution < 1.29 is 24.2 Å². The Kier molecular flexibility index (Phi) is 9.76. The van der Waals surface area contributed by atoms with Gasteiger partial charge in [-0.05, 0) is 65.7 Å². The number of halogens is 1. The Balaban J connectivity index is 2.52. The van der Waals surface area contributed by atoms with Crippen LogP contribution in [0.2, 0.25) is 5.02 Å². The topological polar surface area (TPSA) is 108 Å². The van der Waals surface area contributed by atoms with E-state index < -0.39 is 41.6 Å². The summed E-state index contributed by atoms with van der Waals surface area (Å²) in [5.74, 6) is -1.19. The molecule has 3 amide bonds. The van der Waals surface area contributed by atoms with Crippen LogP contribution >= 0.6 is 11.6 Å². The summed E-state index contributed by atoms with van der Waals surface area (Å²) in [4.78, 5) is 41.2. The van der Waals surface area contributed by atoms with Crippen molar-refractivity contribution in [1.29, 1.82) is 0 Å². The summed E-state index contributed by atoms with van der Waals surface area (Å²) >= 11 is 6.34. The van der Waals surface area contributed by atoms with Crippen molar-refractivity contribution in [2.24, 2.45) is 0 Å². The Morgan fingerprint density at radius 1 is 1.08 bits per heavy atom. The summed E-state index contributed by atoms with van der Waals surface area (Å²) in [5, 5.41) is 16.4. The van der Waals surface area contributed by atoms with Gasteiger partial charge in [0.15, 0.2) is 0 Å². The third kappa shape index (κ3) is 7.37. The Morgan fingerprint density at radius 3 is 2.28 bits per heavy atom. The zero-order valence-corrected chi connectivity index (χ0v) is 22.6. The van der Waals surface area contributed by atoms with Crippen LogP contribution in [0.3, 0.4) is 0 Å². The number of aromatic hydroxyl groups is 1. The fourth-order valence-corrected chi connectivity index (χ4v) is 3.95. The Bertz CT molecular complexity index is 1080. The van der Waals surface area contributed by atoms with Crippen LogP contribution in [0.1, 0.15) is 65.1 Å². The molecule has 2 aromatic rings. The van der Waals surface area contributed by atoms with Gasteiger partial charge in [0, 0.05) is 11.6 Å².